The lowest BCUT2D eigenvalue weighted by Gasteiger charge is -1.97. The molecule has 58 valence electrons. The molecular weight excluding hydrogens is 160 g/mol. The molecule has 0 aromatic carbocycles. The van der Waals surface area contributed by atoms with Crippen LogP contribution in [0.2, 0.25) is 0 Å². The van der Waals surface area contributed by atoms with Crippen LogP contribution >= 0.6 is 12.6 Å². The molecule has 1 aromatic rings. The summed E-state index contributed by atoms with van der Waals surface area (Å²) < 4.78 is 0. The zero-order chi connectivity index (χ0) is 8.27. The average Bonchev–Trinajstić information content (AvgIpc) is 2.03. The topological polar surface area (TPSA) is 42.0 Å². The third-order valence-electron chi connectivity index (χ3n) is 1.19. The van der Waals surface area contributed by atoms with E-state index in [9.17, 15) is 4.79 Å². The fourth-order valence-corrected chi connectivity index (χ4v) is 0.872. The van der Waals surface area contributed by atoms with E-state index in [1.54, 1.807) is 25.2 Å². The summed E-state index contributed by atoms with van der Waals surface area (Å²) in [6.07, 6.45) is 0. The predicted octanol–water partition coefficient (Wildman–Crippen LogP) is 0.730. The van der Waals surface area contributed by atoms with Gasteiger partial charge in [-0.25, -0.2) is 4.98 Å². The maximum absolute atomic E-state index is 11.0. The van der Waals surface area contributed by atoms with Crippen LogP contribution in [0, 0.1) is 0 Å². The number of rotatable bonds is 1. The van der Waals surface area contributed by atoms with Crippen molar-refractivity contribution in [3.8, 4) is 0 Å². The van der Waals surface area contributed by atoms with Crippen LogP contribution in [0.15, 0.2) is 23.2 Å². The predicted molar refractivity (Wildman–Crippen MR) is 44.9 cm³/mol. The molecule has 0 fully saturated rings. The van der Waals surface area contributed by atoms with Gasteiger partial charge >= 0.3 is 0 Å². The highest BCUT2D eigenvalue weighted by molar-refractivity contribution is 7.80. The van der Waals surface area contributed by atoms with Gasteiger partial charge in [0, 0.05) is 7.05 Å². The second kappa shape index (κ2) is 3.39. The van der Waals surface area contributed by atoms with E-state index in [-0.39, 0.29) is 5.91 Å². The van der Waals surface area contributed by atoms with E-state index in [0.29, 0.717) is 10.7 Å². The molecule has 1 N–H and O–H groups in total. The van der Waals surface area contributed by atoms with Crippen molar-refractivity contribution in [2.75, 3.05) is 7.05 Å². The third-order valence-corrected chi connectivity index (χ3v) is 1.44. The molecule has 0 bridgehead atoms. The number of nitrogens with zero attached hydrogens (tertiary/aromatic N) is 1. The van der Waals surface area contributed by atoms with Gasteiger partial charge in [-0.05, 0) is 12.1 Å². The van der Waals surface area contributed by atoms with Gasteiger partial charge in [-0.2, -0.15) is 0 Å². The van der Waals surface area contributed by atoms with Gasteiger partial charge in [0.05, 0.1) is 5.03 Å². The van der Waals surface area contributed by atoms with E-state index in [1.165, 1.54) is 0 Å². The highest BCUT2D eigenvalue weighted by atomic mass is 32.1. The number of thiol groups is 1. The summed E-state index contributed by atoms with van der Waals surface area (Å²) in [6.45, 7) is 0. The van der Waals surface area contributed by atoms with Gasteiger partial charge in [-0.15, -0.1) is 12.6 Å². The minimum atomic E-state index is -0.194. The first kappa shape index (κ1) is 8.07. The Hall–Kier alpha value is -1.03. The first-order valence-corrected chi connectivity index (χ1v) is 3.57. The van der Waals surface area contributed by atoms with Gasteiger partial charge in [0.1, 0.15) is 5.69 Å². The maximum Gasteiger partial charge on any atom is 0.269 e. The number of amides is 1. The molecule has 0 aliphatic rings. The average molecular weight is 168 g/mol. The Morgan fingerprint density at radius 1 is 1.64 bits per heavy atom. The van der Waals surface area contributed by atoms with Crippen molar-refractivity contribution in [3.05, 3.63) is 23.9 Å². The molecule has 0 aliphatic carbocycles. The molecule has 0 saturated heterocycles. The molecular formula is C7H8N2OS. The SMILES string of the molecule is CNC(=O)c1cccc(S)n1. The Labute approximate surface area is 70.2 Å². The zero-order valence-corrected chi connectivity index (χ0v) is 6.93. The van der Waals surface area contributed by atoms with Crippen LogP contribution in [0.5, 0.6) is 0 Å². The van der Waals surface area contributed by atoms with Crippen LogP contribution in [-0.2, 0) is 0 Å². The molecule has 0 spiro atoms. The molecule has 0 radical (unpaired) electrons. The number of carbonyl (C=O) groups is 1. The number of hydrogen-bond acceptors (Lipinski definition) is 3. The summed E-state index contributed by atoms with van der Waals surface area (Å²) in [5, 5.41) is 3.02. The number of hydrogen-bond donors (Lipinski definition) is 2. The summed E-state index contributed by atoms with van der Waals surface area (Å²) in [4.78, 5) is 14.9. The monoisotopic (exact) mass is 168 g/mol. The molecule has 0 unspecified atom stereocenters. The van der Waals surface area contributed by atoms with E-state index < -0.39 is 0 Å². The molecule has 1 heterocycles. The zero-order valence-electron chi connectivity index (χ0n) is 6.03. The van der Waals surface area contributed by atoms with Crippen molar-refractivity contribution in [2.45, 2.75) is 5.03 Å². The van der Waals surface area contributed by atoms with Crippen LogP contribution in [0.4, 0.5) is 0 Å². The van der Waals surface area contributed by atoms with Gasteiger partial charge in [0.2, 0.25) is 0 Å². The first-order valence-electron chi connectivity index (χ1n) is 3.12. The number of nitrogens with one attached hydrogen (secondary N) is 1. The van der Waals surface area contributed by atoms with Crippen molar-refractivity contribution in [2.24, 2.45) is 0 Å². The van der Waals surface area contributed by atoms with Gasteiger partial charge in [0.15, 0.2) is 0 Å². The van der Waals surface area contributed by atoms with E-state index in [4.69, 9.17) is 0 Å². The van der Waals surface area contributed by atoms with Gasteiger partial charge < -0.3 is 5.32 Å². The fourth-order valence-electron chi connectivity index (χ4n) is 0.678. The standard InChI is InChI=1S/C7H8N2OS/c1-8-7(10)5-3-2-4-6(11)9-5/h2-4H,1H3,(H,8,10)(H,9,11). The summed E-state index contributed by atoms with van der Waals surface area (Å²) >= 11 is 4.00. The lowest BCUT2D eigenvalue weighted by atomic mass is 10.3. The van der Waals surface area contributed by atoms with Crippen molar-refractivity contribution < 1.29 is 4.79 Å². The quantitative estimate of drug-likeness (QED) is 0.607. The van der Waals surface area contributed by atoms with E-state index in [2.05, 4.69) is 22.9 Å². The molecule has 1 aromatic heterocycles. The van der Waals surface area contributed by atoms with Crippen LogP contribution in [0.1, 0.15) is 10.5 Å². The number of carbonyl (C=O) groups excluding carboxylic acids is 1. The maximum atomic E-state index is 11.0. The Morgan fingerprint density at radius 2 is 2.36 bits per heavy atom. The van der Waals surface area contributed by atoms with Crippen molar-refractivity contribution in [1.29, 1.82) is 0 Å². The van der Waals surface area contributed by atoms with Crippen LogP contribution < -0.4 is 5.32 Å². The summed E-state index contributed by atoms with van der Waals surface area (Å²) in [6, 6.07) is 5.09. The molecule has 3 nitrogen and oxygen atoms in total. The minimum Gasteiger partial charge on any atom is -0.354 e. The molecule has 0 aliphatic heterocycles. The highest BCUT2D eigenvalue weighted by Gasteiger charge is 2.02. The smallest absolute Gasteiger partial charge is 0.269 e. The second-order valence-electron chi connectivity index (χ2n) is 1.96. The molecule has 1 rings (SSSR count). The van der Waals surface area contributed by atoms with Crippen LogP contribution in [-0.4, -0.2) is 17.9 Å². The van der Waals surface area contributed by atoms with Gasteiger partial charge in [-0.3, -0.25) is 4.79 Å². The Morgan fingerprint density at radius 3 is 2.91 bits per heavy atom. The van der Waals surface area contributed by atoms with Gasteiger partial charge in [-0.1, -0.05) is 6.07 Å². The molecule has 1 amide bonds. The molecule has 0 saturated carbocycles. The van der Waals surface area contributed by atoms with Crippen LogP contribution in [0.25, 0.3) is 0 Å². The van der Waals surface area contributed by atoms with Crippen LogP contribution in [0.3, 0.4) is 0 Å². The summed E-state index contributed by atoms with van der Waals surface area (Å²) in [5.41, 5.74) is 0.389. The molecule has 4 heteroatoms. The third kappa shape index (κ3) is 1.94. The van der Waals surface area contributed by atoms with Crippen molar-refractivity contribution >= 4 is 18.5 Å². The number of aromatic nitrogens is 1. The van der Waals surface area contributed by atoms with E-state index in [1.807, 2.05) is 0 Å². The Balaban J connectivity index is 2.96. The highest BCUT2D eigenvalue weighted by Crippen LogP contribution is 2.02. The second-order valence-corrected chi connectivity index (χ2v) is 2.42. The Bertz CT molecular complexity index is 275. The molecule has 0 atom stereocenters. The lowest BCUT2D eigenvalue weighted by molar-refractivity contribution is 0.0957. The summed E-state index contributed by atoms with van der Waals surface area (Å²) in [5.74, 6) is -0.194. The van der Waals surface area contributed by atoms with Gasteiger partial charge in [0.25, 0.3) is 5.91 Å². The van der Waals surface area contributed by atoms with Crippen molar-refractivity contribution in [3.63, 3.8) is 0 Å². The largest absolute Gasteiger partial charge is 0.354 e. The normalized spacial score (nSPS) is 9.27. The van der Waals surface area contributed by atoms with E-state index >= 15 is 0 Å². The van der Waals surface area contributed by atoms with E-state index in [0.717, 1.165) is 0 Å². The lowest BCUT2D eigenvalue weighted by Crippen LogP contribution is -2.19. The fraction of sp³-hybridized carbons (Fsp3) is 0.143. The molecule has 11 heavy (non-hydrogen) atoms. The Kier molecular flexibility index (Phi) is 2.48. The summed E-state index contributed by atoms with van der Waals surface area (Å²) in [7, 11) is 1.56. The number of pyridine rings is 1. The first-order chi connectivity index (χ1) is 5.24. The minimum absolute atomic E-state index is 0.194. The van der Waals surface area contributed by atoms with Crippen molar-refractivity contribution in [1.82, 2.24) is 10.3 Å².